The number of piperidine rings is 2. The fraction of sp³-hybridized carbons (Fsp3) is 1.00. The maximum atomic E-state index is 6.47. The maximum absolute atomic E-state index is 6.47. The minimum absolute atomic E-state index is 0.529. The molecular weight excluding hydrogens is 336 g/mol. The molecule has 4 aliphatic rings. The van der Waals surface area contributed by atoms with Crippen molar-refractivity contribution in [2.24, 2.45) is 5.92 Å². The molecule has 0 N–H and O–H groups in total. The molecule has 0 radical (unpaired) electrons. The zero-order valence-electron chi connectivity index (χ0n) is 17.8. The molecule has 27 heavy (non-hydrogen) atoms. The molecule has 5 heteroatoms. The van der Waals surface area contributed by atoms with Crippen molar-refractivity contribution in [1.29, 1.82) is 0 Å². The number of piperazine rings is 1. The highest BCUT2D eigenvalue weighted by Gasteiger charge is 2.37. The molecule has 0 unspecified atom stereocenters. The van der Waals surface area contributed by atoms with Crippen LogP contribution in [0.5, 0.6) is 0 Å². The van der Waals surface area contributed by atoms with Crippen LogP contribution in [-0.4, -0.2) is 110 Å². The highest BCUT2D eigenvalue weighted by atomic mass is 16.5. The third-order valence-corrected chi connectivity index (χ3v) is 7.71. The van der Waals surface area contributed by atoms with Crippen LogP contribution in [0.2, 0.25) is 0 Å². The van der Waals surface area contributed by atoms with Crippen LogP contribution < -0.4 is 0 Å². The van der Waals surface area contributed by atoms with E-state index in [4.69, 9.17) is 4.74 Å². The summed E-state index contributed by atoms with van der Waals surface area (Å²) in [5, 5.41) is 0. The third-order valence-electron chi connectivity index (χ3n) is 7.71. The predicted octanol–water partition coefficient (Wildman–Crippen LogP) is 1.98. The van der Waals surface area contributed by atoms with Gasteiger partial charge in [-0.05, 0) is 71.1 Å². The second-order valence-corrected chi connectivity index (χ2v) is 9.60. The van der Waals surface area contributed by atoms with Gasteiger partial charge in [0.2, 0.25) is 0 Å². The first-order chi connectivity index (χ1) is 13.2. The molecule has 3 heterocycles. The lowest BCUT2D eigenvalue weighted by Crippen LogP contribution is -2.56. The number of rotatable bonds is 6. The van der Waals surface area contributed by atoms with E-state index in [2.05, 4.69) is 33.6 Å². The first-order valence-corrected chi connectivity index (χ1v) is 11.7. The lowest BCUT2D eigenvalue weighted by atomic mass is 9.87. The van der Waals surface area contributed by atoms with Crippen LogP contribution in [0.25, 0.3) is 0 Å². The van der Waals surface area contributed by atoms with E-state index in [1.807, 2.05) is 0 Å². The van der Waals surface area contributed by atoms with Crippen LogP contribution in [0.4, 0.5) is 0 Å². The smallest absolute Gasteiger partial charge is 0.0608 e. The van der Waals surface area contributed by atoms with Crippen molar-refractivity contribution in [2.45, 2.75) is 63.7 Å². The average molecular weight is 379 g/mol. The van der Waals surface area contributed by atoms with Gasteiger partial charge in [0.25, 0.3) is 0 Å². The molecule has 5 nitrogen and oxygen atoms in total. The molecule has 1 saturated carbocycles. The fourth-order valence-corrected chi connectivity index (χ4v) is 5.50. The minimum Gasteiger partial charge on any atom is -0.375 e. The Kier molecular flexibility index (Phi) is 7.09. The van der Waals surface area contributed by atoms with Gasteiger partial charge in [0.05, 0.1) is 12.2 Å². The second-order valence-electron chi connectivity index (χ2n) is 9.60. The van der Waals surface area contributed by atoms with E-state index >= 15 is 0 Å². The Morgan fingerprint density at radius 3 is 2.04 bits per heavy atom. The van der Waals surface area contributed by atoms with E-state index in [9.17, 15) is 0 Å². The van der Waals surface area contributed by atoms with Gasteiger partial charge in [-0.3, -0.25) is 4.90 Å². The van der Waals surface area contributed by atoms with Gasteiger partial charge >= 0.3 is 0 Å². The predicted molar refractivity (Wildman–Crippen MR) is 111 cm³/mol. The Bertz CT molecular complexity index is 432. The zero-order valence-corrected chi connectivity index (χ0v) is 17.8. The van der Waals surface area contributed by atoms with Crippen molar-refractivity contribution >= 4 is 0 Å². The van der Waals surface area contributed by atoms with Crippen molar-refractivity contribution in [3.05, 3.63) is 0 Å². The molecule has 0 atom stereocenters. The first kappa shape index (κ1) is 20.1. The molecule has 4 rings (SSSR count). The largest absolute Gasteiger partial charge is 0.375 e. The summed E-state index contributed by atoms with van der Waals surface area (Å²) in [5.74, 6) is 0.930. The first-order valence-electron chi connectivity index (χ1n) is 11.7. The summed E-state index contributed by atoms with van der Waals surface area (Å²) in [5.41, 5.74) is 0. The Balaban J connectivity index is 1.08. The number of likely N-dealkylation sites (tertiary alicyclic amines) is 2. The summed E-state index contributed by atoms with van der Waals surface area (Å²) < 4.78 is 6.47. The molecule has 156 valence electrons. The van der Waals surface area contributed by atoms with Gasteiger partial charge in [0.1, 0.15) is 0 Å². The number of nitrogens with zero attached hydrogens (tertiary/aromatic N) is 4. The van der Waals surface area contributed by atoms with Crippen LogP contribution in [0.15, 0.2) is 0 Å². The summed E-state index contributed by atoms with van der Waals surface area (Å²) in [6.45, 7) is 15.0. The molecule has 0 aromatic rings. The molecule has 0 aromatic carbocycles. The monoisotopic (exact) mass is 378 g/mol. The number of likely N-dealkylation sites (N-methyl/N-ethyl adjacent to an activating group) is 1. The van der Waals surface area contributed by atoms with E-state index in [1.54, 1.807) is 0 Å². The van der Waals surface area contributed by atoms with Gasteiger partial charge in [-0.25, -0.2) is 0 Å². The number of ether oxygens (including phenoxy) is 1. The Hall–Kier alpha value is -0.200. The van der Waals surface area contributed by atoms with E-state index in [-0.39, 0.29) is 0 Å². The SMILES string of the molecule is CCN1CCN([C@H]2C[C@H](OC3CCN(CC4CCN(C)CC4)CC3)C2)CC1. The van der Waals surface area contributed by atoms with Crippen molar-refractivity contribution in [1.82, 2.24) is 19.6 Å². The molecule has 0 spiro atoms. The Labute approximate surface area is 167 Å². The average Bonchev–Trinajstić information content (AvgIpc) is 2.68. The van der Waals surface area contributed by atoms with E-state index in [0.29, 0.717) is 12.2 Å². The van der Waals surface area contributed by atoms with E-state index in [1.165, 1.54) is 104 Å². The molecule has 3 aliphatic heterocycles. The molecular formula is C22H42N4O. The van der Waals surface area contributed by atoms with Crippen LogP contribution in [0.3, 0.4) is 0 Å². The quantitative estimate of drug-likeness (QED) is 0.703. The molecule has 4 fully saturated rings. The van der Waals surface area contributed by atoms with Crippen LogP contribution in [0.1, 0.15) is 45.4 Å². The molecule has 0 aromatic heterocycles. The van der Waals surface area contributed by atoms with Gasteiger partial charge in [0, 0.05) is 51.9 Å². The second kappa shape index (κ2) is 9.53. The summed E-state index contributed by atoms with van der Waals surface area (Å²) in [4.78, 5) is 10.5. The van der Waals surface area contributed by atoms with Crippen molar-refractivity contribution in [3.63, 3.8) is 0 Å². The molecule has 1 aliphatic carbocycles. The lowest BCUT2D eigenvalue weighted by molar-refractivity contribution is -0.108. The van der Waals surface area contributed by atoms with Gasteiger partial charge in [0.15, 0.2) is 0 Å². The zero-order chi connectivity index (χ0) is 18.6. The molecule has 0 amide bonds. The van der Waals surface area contributed by atoms with Gasteiger partial charge in [-0.1, -0.05) is 6.92 Å². The third kappa shape index (κ3) is 5.45. The summed E-state index contributed by atoms with van der Waals surface area (Å²) >= 11 is 0. The Morgan fingerprint density at radius 2 is 1.41 bits per heavy atom. The number of hydrogen-bond donors (Lipinski definition) is 0. The van der Waals surface area contributed by atoms with Crippen LogP contribution in [-0.2, 0) is 4.74 Å². The van der Waals surface area contributed by atoms with E-state index < -0.39 is 0 Å². The van der Waals surface area contributed by atoms with Crippen molar-refractivity contribution in [3.8, 4) is 0 Å². The minimum atomic E-state index is 0.529. The van der Waals surface area contributed by atoms with Crippen LogP contribution >= 0.6 is 0 Å². The lowest BCUT2D eigenvalue weighted by Gasteiger charge is -2.47. The highest BCUT2D eigenvalue weighted by molar-refractivity contribution is 4.91. The van der Waals surface area contributed by atoms with Gasteiger partial charge in [-0.15, -0.1) is 0 Å². The molecule has 0 bridgehead atoms. The van der Waals surface area contributed by atoms with Crippen LogP contribution in [0, 0.1) is 5.92 Å². The van der Waals surface area contributed by atoms with Gasteiger partial charge in [-0.2, -0.15) is 0 Å². The standard InChI is InChI=1S/C22H42N4O/c1-3-24-12-14-26(15-13-24)20-16-22(17-20)27-21-6-10-25(11-7-21)18-19-4-8-23(2)9-5-19/h19-22H,3-18H2,1-2H3/t20-,22-. The topological polar surface area (TPSA) is 22.2 Å². The Morgan fingerprint density at radius 1 is 0.741 bits per heavy atom. The maximum Gasteiger partial charge on any atom is 0.0608 e. The highest BCUT2D eigenvalue weighted by Crippen LogP contribution is 2.32. The summed E-state index contributed by atoms with van der Waals surface area (Å²) in [7, 11) is 2.26. The van der Waals surface area contributed by atoms with E-state index in [0.717, 1.165) is 12.0 Å². The normalized spacial score (nSPS) is 34.0. The van der Waals surface area contributed by atoms with Crippen molar-refractivity contribution < 1.29 is 4.74 Å². The summed E-state index contributed by atoms with van der Waals surface area (Å²) in [6.07, 6.45) is 8.92. The summed E-state index contributed by atoms with van der Waals surface area (Å²) in [6, 6.07) is 0.804. The number of hydrogen-bond acceptors (Lipinski definition) is 5. The van der Waals surface area contributed by atoms with Crippen molar-refractivity contribution in [2.75, 3.05) is 72.5 Å². The van der Waals surface area contributed by atoms with Gasteiger partial charge < -0.3 is 19.4 Å². The fourth-order valence-electron chi connectivity index (χ4n) is 5.50. The molecule has 3 saturated heterocycles.